The molecule has 2 aromatic rings. The molecular formula is C18H23N3. The van der Waals surface area contributed by atoms with Crippen LogP contribution in [0.3, 0.4) is 0 Å². The second-order valence-electron chi connectivity index (χ2n) is 5.52. The van der Waals surface area contributed by atoms with Crippen LogP contribution in [-0.2, 0) is 19.4 Å². The van der Waals surface area contributed by atoms with E-state index in [0.29, 0.717) is 0 Å². The van der Waals surface area contributed by atoms with Gasteiger partial charge in [0.15, 0.2) is 0 Å². The van der Waals surface area contributed by atoms with Crippen molar-refractivity contribution in [3.63, 3.8) is 0 Å². The fourth-order valence-electron chi connectivity index (χ4n) is 2.99. The van der Waals surface area contributed by atoms with Crippen LogP contribution < -0.4 is 10.2 Å². The molecule has 0 unspecified atom stereocenters. The monoisotopic (exact) mass is 281 g/mol. The SMILES string of the molecule is CCNCc1cccnc1N1CCc2ccccc2CC1. The van der Waals surface area contributed by atoms with Gasteiger partial charge in [-0.1, -0.05) is 37.3 Å². The molecule has 1 N–H and O–H groups in total. The molecule has 1 aliphatic heterocycles. The summed E-state index contributed by atoms with van der Waals surface area (Å²) in [6, 6.07) is 13.0. The van der Waals surface area contributed by atoms with E-state index in [4.69, 9.17) is 0 Å². The lowest BCUT2D eigenvalue weighted by atomic mass is 10.0. The number of nitrogens with zero attached hydrogens (tertiary/aromatic N) is 2. The van der Waals surface area contributed by atoms with E-state index in [1.54, 1.807) is 0 Å². The Kier molecular flexibility index (Phi) is 4.51. The molecule has 0 bridgehead atoms. The number of benzene rings is 1. The van der Waals surface area contributed by atoms with Crippen LogP contribution >= 0.6 is 0 Å². The molecule has 21 heavy (non-hydrogen) atoms. The number of hydrogen-bond donors (Lipinski definition) is 1. The van der Waals surface area contributed by atoms with Crippen LogP contribution in [0.1, 0.15) is 23.6 Å². The zero-order chi connectivity index (χ0) is 14.5. The summed E-state index contributed by atoms with van der Waals surface area (Å²) in [6.45, 7) is 6.11. The summed E-state index contributed by atoms with van der Waals surface area (Å²) >= 11 is 0. The fraction of sp³-hybridized carbons (Fsp3) is 0.389. The van der Waals surface area contributed by atoms with E-state index >= 15 is 0 Å². The number of rotatable bonds is 4. The number of pyridine rings is 1. The lowest BCUT2D eigenvalue weighted by molar-refractivity contribution is 0.711. The minimum absolute atomic E-state index is 0.892. The summed E-state index contributed by atoms with van der Waals surface area (Å²) in [5.41, 5.74) is 4.28. The molecule has 0 saturated carbocycles. The van der Waals surface area contributed by atoms with Gasteiger partial charge >= 0.3 is 0 Å². The van der Waals surface area contributed by atoms with Gasteiger partial charge in [-0.15, -0.1) is 0 Å². The first-order chi connectivity index (χ1) is 10.4. The Morgan fingerprint density at radius 2 is 1.76 bits per heavy atom. The summed E-state index contributed by atoms with van der Waals surface area (Å²) in [5, 5.41) is 3.41. The van der Waals surface area contributed by atoms with Crippen molar-refractivity contribution < 1.29 is 0 Å². The van der Waals surface area contributed by atoms with Crippen LogP contribution in [-0.4, -0.2) is 24.6 Å². The van der Waals surface area contributed by atoms with Gasteiger partial charge in [-0.3, -0.25) is 0 Å². The lowest BCUT2D eigenvalue weighted by Crippen LogP contribution is -2.29. The third-order valence-electron chi connectivity index (χ3n) is 4.15. The van der Waals surface area contributed by atoms with Crippen molar-refractivity contribution in [3.05, 3.63) is 59.3 Å². The van der Waals surface area contributed by atoms with Crippen molar-refractivity contribution in [2.45, 2.75) is 26.3 Å². The molecule has 0 saturated heterocycles. The molecule has 3 nitrogen and oxygen atoms in total. The number of aromatic nitrogens is 1. The molecule has 0 radical (unpaired) electrons. The molecule has 0 fully saturated rings. The molecule has 110 valence electrons. The smallest absolute Gasteiger partial charge is 0.133 e. The van der Waals surface area contributed by atoms with Crippen molar-refractivity contribution >= 4 is 5.82 Å². The van der Waals surface area contributed by atoms with E-state index in [-0.39, 0.29) is 0 Å². The Bertz CT molecular complexity index is 568. The second kappa shape index (κ2) is 6.72. The first kappa shape index (κ1) is 14.1. The maximum atomic E-state index is 4.65. The summed E-state index contributed by atoms with van der Waals surface area (Å²) < 4.78 is 0. The van der Waals surface area contributed by atoms with Gasteiger partial charge in [-0.2, -0.15) is 0 Å². The van der Waals surface area contributed by atoms with Crippen molar-refractivity contribution in [3.8, 4) is 0 Å². The Morgan fingerprint density at radius 1 is 1.05 bits per heavy atom. The summed E-state index contributed by atoms with van der Waals surface area (Å²) in [4.78, 5) is 7.08. The van der Waals surface area contributed by atoms with Crippen molar-refractivity contribution in [1.29, 1.82) is 0 Å². The number of nitrogens with one attached hydrogen (secondary N) is 1. The number of fused-ring (bicyclic) bond motifs is 1. The highest BCUT2D eigenvalue weighted by Crippen LogP contribution is 2.22. The van der Waals surface area contributed by atoms with E-state index in [2.05, 4.69) is 52.5 Å². The van der Waals surface area contributed by atoms with Gasteiger partial charge in [0.05, 0.1) is 0 Å². The van der Waals surface area contributed by atoms with E-state index in [9.17, 15) is 0 Å². The highest BCUT2D eigenvalue weighted by Gasteiger charge is 2.17. The van der Waals surface area contributed by atoms with Gasteiger partial charge in [-0.05, 0) is 36.6 Å². The minimum Gasteiger partial charge on any atom is -0.356 e. The van der Waals surface area contributed by atoms with Crippen molar-refractivity contribution in [2.75, 3.05) is 24.5 Å². The molecule has 0 aliphatic carbocycles. The van der Waals surface area contributed by atoms with E-state index in [1.165, 1.54) is 16.7 Å². The molecule has 3 rings (SSSR count). The van der Waals surface area contributed by atoms with E-state index in [1.807, 2.05) is 12.3 Å². The van der Waals surface area contributed by atoms with Gasteiger partial charge in [0, 0.05) is 31.4 Å². The van der Waals surface area contributed by atoms with Crippen LogP contribution in [0.2, 0.25) is 0 Å². The van der Waals surface area contributed by atoms with Crippen LogP contribution in [0.25, 0.3) is 0 Å². The summed E-state index contributed by atoms with van der Waals surface area (Å²) in [6.07, 6.45) is 4.11. The molecule has 0 atom stereocenters. The van der Waals surface area contributed by atoms with Crippen molar-refractivity contribution in [1.82, 2.24) is 10.3 Å². The molecule has 2 heterocycles. The molecule has 0 amide bonds. The molecule has 1 aliphatic rings. The molecule has 1 aromatic heterocycles. The van der Waals surface area contributed by atoms with Crippen LogP contribution in [0.15, 0.2) is 42.6 Å². The maximum Gasteiger partial charge on any atom is 0.133 e. The average Bonchev–Trinajstić information content (AvgIpc) is 2.76. The number of hydrogen-bond acceptors (Lipinski definition) is 3. The zero-order valence-corrected chi connectivity index (χ0v) is 12.7. The zero-order valence-electron chi connectivity index (χ0n) is 12.7. The average molecular weight is 281 g/mol. The minimum atomic E-state index is 0.892. The lowest BCUT2D eigenvalue weighted by Gasteiger charge is -2.24. The fourth-order valence-corrected chi connectivity index (χ4v) is 2.99. The molecule has 1 aromatic carbocycles. The Hall–Kier alpha value is -1.87. The predicted molar refractivity (Wildman–Crippen MR) is 87.7 cm³/mol. The number of anilines is 1. The van der Waals surface area contributed by atoms with Gasteiger partial charge < -0.3 is 10.2 Å². The standard InChI is InChI=1S/C18H23N3/c1-2-19-14-17-8-5-11-20-18(17)21-12-9-15-6-3-4-7-16(15)10-13-21/h3-8,11,19H,2,9-10,12-14H2,1H3. The van der Waals surface area contributed by atoms with Crippen LogP contribution in [0.5, 0.6) is 0 Å². The molecule has 0 spiro atoms. The summed E-state index contributed by atoms with van der Waals surface area (Å²) in [5.74, 6) is 1.14. The first-order valence-corrected chi connectivity index (χ1v) is 7.85. The third-order valence-corrected chi connectivity index (χ3v) is 4.15. The topological polar surface area (TPSA) is 28.2 Å². The quantitative estimate of drug-likeness (QED) is 0.934. The third kappa shape index (κ3) is 3.24. The normalized spacial score (nSPS) is 14.6. The van der Waals surface area contributed by atoms with E-state index < -0.39 is 0 Å². The Labute approximate surface area is 127 Å². The van der Waals surface area contributed by atoms with E-state index in [0.717, 1.165) is 44.8 Å². The molecular weight excluding hydrogens is 258 g/mol. The van der Waals surface area contributed by atoms with Crippen molar-refractivity contribution in [2.24, 2.45) is 0 Å². The summed E-state index contributed by atoms with van der Waals surface area (Å²) in [7, 11) is 0. The predicted octanol–water partition coefficient (Wildman–Crippen LogP) is 2.80. The first-order valence-electron chi connectivity index (χ1n) is 7.85. The largest absolute Gasteiger partial charge is 0.356 e. The van der Waals surface area contributed by atoms with Gasteiger partial charge in [0.2, 0.25) is 0 Å². The Morgan fingerprint density at radius 3 is 2.43 bits per heavy atom. The van der Waals surface area contributed by atoms with Crippen LogP contribution in [0.4, 0.5) is 5.82 Å². The Balaban J connectivity index is 1.79. The second-order valence-corrected chi connectivity index (χ2v) is 5.52. The molecule has 3 heteroatoms. The van der Waals surface area contributed by atoms with Gasteiger partial charge in [0.1, 0.15) is 5.82 Å². The highest BCUT2D eigenvalue weighted by atomic mass is 15.2. The highest BCUT2D eigenvalue weighted by molar-refractivity contribution is 5.48. The van der Waals surface area contributed by atoms with Gasteiger partial charge in [-0.25, -0.2) is 4.98 Å². The van der Waals surface area contributed by atoms with Crippen LogP contribution in [0, 0.1) is 0 Å². The maximum absolute atomic E-state index is 4.65. The van der Waals surface area contributed by atoms with Gasteiger partial charge in [0.25, 0.3) is 0 Å².